The van der Waals surface area contributed by atoms with Crippen LogP contribution in [0.5, 0.6) is 0 Å². The molecule has 0 amide bonds. The van der Waals surface area contributed by atoms with E-state index >= 15 is 0 Å². The molecule has 0 heterocycles. The van der Waals surface area contributed by atoms with Crippen LogP contribution in [0.25, 0.3) is 0 Å². The minimum absolute atomic E-state index is 0.141. The van der Waals surface area contributed by atoms with Crippen molar-refractivity contribution in [1.29, 1.82) is 0 Å². The van der Waals surface area contributed by atoms with E-state index in [1.165, 1.54) is 0 Å². The SMILES string of the molecule is CC/C=C(\Cl)OC=O. The van der Waals surface area contributed by atoms with Crippen LogP contribution in [0.4, 0.5) is 0 Å². The molecule has 3 heteroatoms. The molecule has 0 fully saturated rings. The molecule has 0 N–H and O–H groups in total. The van der Waals surface area contributed by atoms with Crippen LogP contribution in [0.1, 0.15) is 13.3 Å². The van der Waals surface area contributed by atoms with Crippen molar-refractivity contribution in [2.45, 2.75) is 13.3 Å². The van der Waals surface area contributed by atoms with Crippen molar-refractivity contribution in [1.82, 2.24) is 0 Å². The fourth-order valence-electron chi connectivity index (χ4n) is 0.255. The van der Waals surface area contributed by atoms with Gasteiger partial charge in [0.2, 0.25) is 0 Å². The van der Waals surface area contributed by atoms with Crippen LogP contribution in [0.15, 0.2) is 11.3 Å². The lowest BCUT2D eigenvalue weighted by atomic mass is 10.5. The second-order valence-corrected chi connectivity index (χ2v) is 1.50. The largest absolute Gasteiger partial charge is 0.417 e. The summed E-state index contributed by atoms with van der Waals surface area (Å²) in [5.74, 6) is 0. The molecule has 0 atom stereocenters. The minimum atomic E-state index is 0.141. The molecular formula is C5H7ClO2. The van der Waals surface area contributed by atoms with Gasteiger partial charge in [0.15, 0.2) is 5.22 Å². The van der Waals surface area contributed by atoms with Gasteiger partial charge < -0.3 is 4.74 Å². The number of ether oxygens (including phenoxy) is 1. The monoisotopic (exact) mass is 134 g/mol. The smallest absolute Gasteiger partial charge is 0.299 e. The quantitative estimate of drug-likeness (QED) is 0.433. The zero-order chi connectivity index (χ0) is 6.41. The molecule has 0 aromatic rings. The number of halogens is 1. The molecular weight excluding hydrogens is 128 g/mol. The molecule has 0 aliphatic heterocycles. The standard InChI is InChI=1S/C5H7ClO2/c1-2-3-5(6)8-4-7/h3-4H,2H2,1H3/b5-3+. The average molecular weight is 135 g/mol. The Kier molecular flexibility index (Phi) is 4.36. The summed E-state index contributed by atoms with van der Waals surface area (Å²) >= 11 is 5.29. The number of allylic oxidation sites excluding steroid dienone is 1. The van der Waals surface area contributed by atoms with Gasteiger partial charge >= 0.3 is 0 Å². The molecule has 0 aliphatic rings. The van der Waals surface area contributed by atoms with E-state index in [4.69, 9.17) is 11.6 Å². The van der Waals surface area contributed by atoms with Crippen LogP contribution in [0.3, 0.4) is 0 Å². The molecule has 0 rings (SSSR count). The third kappa shape index (κ3) is 3.68. The lowest BCUT2D eigenvalue weighted by Crippen LogP contribution is -1.78. The van der Waals surface area contributed by atoms with Crippen LogP contribution >= 0.6 is 11.6 Å². The van der Waals surface area contributed by atoms with Crippen molar-refractivity contribution in [3.8, 4) is 0 Å². The molecule has 0 bridgehead atoms. The van der Waals surface area contributed by atoms with E-state index in [1.807, 2.05) is 6.92 Å². The highest BCUT2D eigenvalue weighted by atomic mass is 35.5. The Morgan fingerprint density at radius 3 is 2.88 bits per heavy atom. The predicted octanol–water partition coefficient (Wildman–Crippen LogP) is 1.65. The first-order valence-electron chi connectivity index (χ1n) is 2.27. The topological polar surface area (TPSA) is 26.3 Å². The molecule has 8 heavy (non-hydrogen) atoms. The van der Waals surface area contributed by atoms with Gasteiger partial charge in [-0.1, -0.05) is 6.92 Å². The molecule has 0 aromatic heterocycles. The molecule has 46 valence electrons. The molecule has 0 spiro atoms. The Labute approximate surface area is 53.1 Å². The van der Waals surface area contributed by atoms with E-state index in [1.54, 1.807) is 6.08 Å². The summed E-state index contributed by atoms with van der Waals surface area (Å²) in [5.41, 5.74) is 0. The Balaban J connectivity index is 3.44. The highest BCUT2D eigenvalue weighted by molar-refractivity contribution is 6.28. The van der Waals surface area contributed by atoms with E-state index in [2.05, 4.69) is 4.74 Å². The van der Waals surface area contributed by atoms with Crippen molar-refractivity contribution >= 4 is 18.1 Å². The number of carbonyl (C=O) groups is 1. The normalized spacial score (nSPS) is 11.0. The molecule has 0 aliphatic carbocycles. The van der Waals surface area contributed by atoms with E-state index in [0.717, 1.165) is 6.42 Å². The van der Waals surface area contributed by atoms with Crippen molar-refractivity contribution in [3.63, 3.8) is 0 Å². The van der Waals surface area contributed by atoms with Gasteiger partial charge in [0.1, 0.15) is 0 Å². The van der Waals surface area contributed by atoms with Crippen LogP contribution in [0.2, 0.25) is 0 Å². The first-order chi connectivity index (χ1) is 3.81. The van der Waals surface area contributed by atoms with Gasteiger partial charge in [-0.15, -0.1) is 0 Å². The number of carbonyl (C=O) groups excluding carboxylic acids is 1. The summed E-state index contributed by atoms with van der Waals surface area (Å²) in [5, 5.41) is 0.141. The maximum Gasteiger partial charge on any atom is 0.299 e. The van der Waals surface area contributed by atoms with E-state index in [-0.39, 0.29) is 5.22 Å². The summed E-state index contributed by atoms with van der Waals surface area (Å²) < 4.78 is 4.23. The third-order valence-electron chi connectivity index (χ3n) is 0.525. The van der Waals surface area contributed by atoms with Crippen molar-refractivity contribution in [2.24, 2.45) is 0 Å². The van der Waals surface area contributed by atoms with Crippen molar-refractivity contribution < 1.29 is 9.53 Å². The Bertz CT molecular complexity index is 98.6. The van der Waals surface area contributed by atoms with Crippen LogP contribution in [-0.4, -0.2) is 6.47 Å². The maximum absolute atomic E-state index is 9.54. The molecule has 0 saturated heterocycles. The van der Waals surface area contributed by atoms with Crippen LogP contribution < -0.4 is 0 Å². The summed E-state index contributed by atoms with van der Waals surface area (Å²) in [6.07, 6.45) is 2.38. The van der Waals surface area contributed by atoms with Crippen LogP contribution in [0, 0.1) is 0 Å². The zero-order valence-electron chi connectivity index (χ0n) is 4.56. The van der Waals surface area contributed by atoms with E-state index in [0.29, 0.717) is 6.47 Å². The Morgan fingerprint density at radius 1 is 1.88 bits per heavy atom. The molecule has 0 radical (unpaired) electrons. The lowest BCUT2D eigenvalue weighted by molar-refractivity contribution is -0.124. The molecule has 0 unspecified atom stereocenters. The number of hydrogen-bond acceptors (Lipinski definition) is 2. The summed E-state index contributed by atoms with van der Waals surface area (Å²) in [7, 11) is 0. The second kappa shape index (κ2) is 4.65. The van der Waals surface area contributed by atoms with Gasteiger partial charge in [-0.05, 0) is 24.1 Å². The van der Waals surface area contributed by atoms with Crippen molar-refractivity contribution in [2.75, 3.05) is 0 Å². The third-order valence-corrected chi connectivity index (χ3v) is 0.769. The highest BCUT2D eigenvalue weighted by Crippen LogP contribution is 2.01. The summed E-state index contributed by atoms with van der Waals surface area (Å²) in [6.45, 7) is 2.20. The fourth-order valence-corrected chi connectivity index (χ4v) is 0.445. The minimum Gasteiger partial charge on any atom is -0.417 e. The van der Waals surface area contributed by atoms with E-state index < -0.39 is 0 Å². The van der Waals surface area contributed by atoms with Gasteiger partial charge in [0.05, 0.1) is 0 Å². The Morgan fingerprint density at radius 2 is 2.50 bits per heavy atom. The van der Waals surface area contributed by atoms with E-state index in [9.17, 15) is 4.79 Å². The summed E-state index contributed by atoms with van der Waals surface area (Å²) in [6, 6.07) is 0. The molecule has 2 nitrogen and oxygen atoms in total. The van der Waals surface area contributed by atoms with Gasteiger partial charge in [0, 0.05) is 0 Å². The first kappa shape index (κ1) is 7.50. The van der Waals surface area contributed by atoms with Crippen molar-refractivity contribution in [3.05, 3.63) is 11.3 Å². The Hall–Kier alpha value is -0.500. The molecule has 0 aromatic carbocycles. The zero-order valence-corrected chi connectivity index (χ0v) is 5.31. The average Bonchev–Trinajstić information content (AvgIpc) is 1.68. The highest BCUT2D eigenvalue weighted by Gasteiger charge is 1.84. The maximum atomic E-state index is 9.54. The number of hydrogen-bond donors (Lipinski definition) is 0. The predicted molar refractivity (Wildman–Crippen MR) is 31.4 cm³/mol. The van der Waals surface area contributed by atoms with Gasteiger partial charge in [-0.2, -0.15) is 0 Å². The second-order valence-electron chi connectivity index (χ2n) is 1.13. The van der Waals surface area contributed by atoms with Gasteiger partial charge in [-0.3, -0.25) is 4.79 Å². The van der Waals surface area contributed by atoms with Gasteiger partial charge in [-0.25, -0.2) is 0 Å². The summed E-state index contributed by atoms with van der Waals surface area (Å²) in [4.78, 5) is 9.54. The first-order valence-corrected chi connectivity index (χ1v) is 2.65. The number of rotatable bonds is 3. The van der Waals surface area contributed by atoms with Gasteiger partial charge in [0.25, 0.3) is 6.47 Å². The fraction of sp³-hybridized carbons (Fsp3) is 0.400. The lowest BCUT2D eigenvalue weighted by Gasteiger charge is -1.88. The molecule has 0 saturated carbocycles. The van der Waals surface area contributed by atoms with Crippen LogP contribution in [-0.2, 0) is 9.53 Å².